The van der Waals surface area contributed by atoms with Crippen LogP contribution in [0.1, 0.15) is 37.0 Å². The Morgan fingerprint density at radius 2 is 1.97 bits per heavy atom. The van der Waals surface area contributed by atoms with Crippen LogP contribution in [-0.4, -0.2) is 26.9 Å². The van der Waals surface area contributed by atoms with Gasteiger partial charge in [0.15, 0.2) is 0 Å². The Bertz CT molecular complexity index is 1100. The maximum atomic E-state index is 12.3. The van der Waals surface area contributed by atoms with Gasteiger partial charge in [-0.2, -0.15) is 9.36 Å². The second-order valence-electron chi connectivity index (χ2n) is 6.82. The first-order valence-electron chi connectivity index (χ1n) is 9.52. The molecule has 0 saturated carbocycles. The van der Waals surface area contributed by atoms with Crippen LogP contribution < -0.4 is 15.2 Å². The normalized spacial score (nSPS) is 11.6. The molecular weight excluding hydrogens is 368 g/mol. The van der Waals surface area contributed by atoms with Gasteiger partial charge in [0.2, 0.25) is 0 Å². The summed E-state index contributed by atoms with van der Waals surface area (Å²) in [4.78, 5) is 12.3. The van der Waals surface area contributed by atoms with E-state index in [0.717, 1.165) is 23.3 Å². The molecule has 0 aliphatic rings. The van der Waals surface area contributed by atoms with Crippen LogP contribution in [0.4, 0.5) is 0 Å². The quantitative estimate of drug-likeness (QED) is 0.611. The lowest BCUT2D eigenvalue weighted by Gasteiger charge is -2.15. The number of ether oxygens (including phenoxy) is 2. The van der Waals surface area contributed by atoms with Gasteiger partial charge in [0.25, 0.3) is 0 Å². The van der Waals surface area contributed by atoms with Gasteiger partial charge < -0.3 is 9.47 Å². The Morgan fingerprint density at radius 3 is 2.59 bits per heavy atom. The van der Waals surface area contributed by atoms with E-state index < -0.39 is 0 Å². The van der Waals surface area contributed by atoms with Crippen LogP contribution in [0.5, 0.6) is 11.5 Å². The molecule has 3 aromatic rings. The first-order valence-corrected chi connectivity index (χ1v) is 9.52. The molecule has 1 aromatic heterocycles. The second kappa shape index (κ2) is 8.77. The van der Waals surface area contributed by atoms with Crippen molar-refractivity contribution in [3.05, 3.63) is 69.6 Å². The third-order valence-electron chi connectivity index (χ3n) is 4.79. The van der Waals surface area contributed by atoms with Gasteiger partial charge in [-0.15, -0.1) is 0 Å². The zero-order chi connectivity index (χ0) is 21.0. The third-order valence-corrected chi connectivity index (χ3v) is 4.79. The second-order valence-corrected chi connectivity index (χ2v) is 6.82. The van der Waals surface area contributed by atoms with E-state index in [1.54, 1.807) is 20.2 Å². The van der Waals surface area contributed by atoms with Crippen LogP contribution in [-0.2, 0) is 13.7 Å². The highest BCUT2D eigenvalue weighted by molar-refractivity contribution is 5.65. The largest absolute Gasteiger partial charge is 0.496 e. The van der Waals surface area contributed by atoms with Gasteiger partial charge in [0.1, 0.15) is 18.1 Å². The van der Waals surface area contributed by atoms with E-state index in [9.17, 15) is 4.79 Å². The number of hydrogen-bond acceptors (Lipinski definition) is 5. The van der Waals surface area contributed by atoms with Crippen LogP contribution in [0.2, 0.25) is 0 Å². The fraction of sp³-hybridized carbons (Fsp3) is 0.318. The maximum Gasteiger partial charge on any atom is 0.368 e. The van der Waals surface area contributed by atoms with Crippen molar-refractivity contribution in [2.75, 3.05) is 7.11 Å². The van der Waals surface area contributed by atoms with Crippen molar-refractivity contribution in [3.8, 4) is 17.2 Å². The van der Waals surface area contributed by atoms with Gasteiger partial charge in [-0.1, -0.05) is 25.1 Å². The molecule has 0 saturated heterocycles. The third kappa shape index (κ3) is 4.23. The summed E-state index contributed by atoms with van der Waals surface area (Å²) in [6, 6.07) is 11.6. The molecule has 0 atom stereocenters. The Kier molecular flexibility index (Phi) is 6.16. The molecule has 0 spiro atoms. The average Bonchev–Trinajstić information content (AvgIpc) is 3.05. The Labute approximate surface area is 170 Å². The molecule has 0 N–H and O–H groups in total. The number of benzene rings is 2. The molecule has 3 rings (SSSR count). The number of hydrogen-bond donors (Lipinski definition) is 0. The van der Waals surface area contributed by atoms with Gasteiger partial charge in [-0.25, -0.2) is 4.79 Å². The molecule has 0 aliphatic heterocycles. The zero-order valence-corrected chi connectivity index (χ0v) is 17.5. The predicted octanol–water partition coefficient (Wildman–Crippen LogP) is 3.68. The van der Waals surface area contributed by atoms with E-state index in [2.05, 4.69) is 42.5 Å². The molecule has 0 fully saturated rings. The maximum absolute atomic E-state index is 12.3. The van der Waals surface area contributed by atoms with E-state index >= 15 is 0 Å². The predicted molar refractivity (Wildman–Crippen MR) is 113 cm³/mol. The lowest BCUT2D eigenvalue weighted by molar-refractivity contribution is 0.294. The minimum absolute atomic E-state index is 0.229. The summed E-state index contributed by atoms with van der Waals surface area (Å²) in [5.41, 5.74) is 4.44. The molecule has 0 amide bonds. The molecule has 2 aromatic carbocycles. The number of aromatic nitrogens is 4. The minimum atomic E-state index is -0.335. The molecule has 7 nitrogen and oxygen atoms in total. The number of aryl methyl sites for hydroxylation is 2. The van der Waals surface area contributed by atoms with Crippen molar-refractivity contribution < 1.29 is 9.47 Å². The summed E-state index contributed by atoms with van der Waals surface area (Å²) < 4.78 is 14.0. The van der Waals surface area contributed by atoms with Crippen molar-refractivity contribution in [1.82, 2.24) is 19.8 Å². The van der Waals surface area contributed by atoms with Crippen molar-refractivity contribution in [2.45, 2.75) is 33.8 Å². The summed E-state index contributed by atoms with van der Waals surface area (Å²) in [5.74, 6) is 1.40. The Hall–Kier alpha value is -3.35. The number of rotatable bonds is 7. The van der Waals surface area contributed by atoms with Gasteiger partial charge in [-0.05, 0) is 71.7 Å². The van der Waals surface area contributed by atoms with Crippen molar-refractivity contribution >= 4 is 5.57 Å². The lowest BCUT2D eigenvalue weighted by Crippen LogP contribution is -2.23. The van der Waals surface area contributed by atoms with Crippen LogP contribution in [0.3, 0.4) is 0 Å². The zero-order valence-electron chi connectivity index (χ0n) is 17.5. The number of tetrazole rings is 1. The van der Waals surface area contributed by atoms with E-state index in [1.165, 1.54) is 20.5 Å². The van der Waals surface area contributed by atoms with Crippen LogP contribution in [0.25, 0.3) is 11.3 Å². The van der Waals surface area contributed by atoms with Gasteiger partial charge >= 0.3 is 5.69 Å². The molecule has 29 heavy (non-hydrogen) atoms. The summed E-state index contributed by atoms with van der Waals surface area (Å²) in [6.45, 7) is 6.49. The SMILES string of the molecule is CCC=C(C)c1ccc(OCc2c(OC)cccc2-n2nnn(C)c2=O)c(C)c1. The molecule has 1 heterocycles. The molecule has 0 radical (unpaired) electrons. The van der Waals surface area contributed by atoms with Crippen molar-refractivity contribution in [2.24, 2.45) is 7.05 Å². The highest BCUT2D eigenvalue weighted by Crippen LogP contribution is 2.28. The first-order chi connectivity index (χ1) is 14.0. The molecule has 152 valence electrons. The summed E-state index contributed by atoms with van der Waals surface area (Å²) in [7, 11) is 3.15. The standard InChI is InChI=1S/C22H26N4O3/c1-6-8-15(2)17-11-12-20(16(3)13-17)29-14-18-19(9-7-10-21(18)28-5)26-22(27)25(4)23-24-26/h7-13H,6,14H2,1-5H3. The Morgan fingerprint density at radius 1 is 1.17 bits per heavy atom. The van der Waals surface area contributed by atoms with E-state index in [-0.39, 0.29) is 12.3 Å². The summed E-state index contributed by atoms with van der Waals surface area (Å²) in [6.07, 6.45) is 3.20. The molecule has 0 bridgehead atoms. The van der Waals surface area contributed by atoms with E-state index in [0.29, 0.717) is 11.4 Å². The number of nitrogens with zero attached hydrogens (tertiary/aromatic N) is 4. The van der Waals surface area contributed by atoms with Crippen molar-refractivity contribution in [1.29, 1.82) is 0 Å². The summed E-state index contributed by atoms with van der Waals surface area (Å²) in [5, 5.41) is 7.74. The average molecular weight is 394 g/mol. The Balaban J connectivity index is 1.92. The van der Waals surface area contributed by atoms with Crippen LogP contribution in [0, 0.1) is 6.92 Å². The molecule has 0 unspecified atom stereocenters. The first kappa shape index (κ1) is 20.4. The highest BCUT2D eigenvalue weighted by atomic mass is 16.5. The summed E-state index contributed by atoms with van der Waals surface area (Å²) >= 11 is 0. The number of allylic oxidation sites excluding steroid dienone is 2. The van der Waals surface area contributed by atoms with Gasteiger partial charge in [0, 0.05) is 7.05 Å². The molecule has 7 heteroatoms. The molecular formula is C22H26N4O3. The monoisotopic (exact) mass is 394 g/mol. The highest BCUT2D eigenvalue weighted by Gasteiger charge is 2.16. The van der Waals surface area contributed by atoms with Crippen LogP contribution in [0.15, 0.2) is 47.3 Å². The van der Waals surface area contributed by atoms with Crippen molar-refractivity contribution in [3.63, 3.8) is 0 Å². The fourth-order valence-electron chi connectivity index (χ4n) is 3.18. The topological polar surface area (TPSA) is 71.2 Å². The van der Waals surface area contributed by atoms with Crippen LogP contribution >= 0.6 is 0 Å². The smallest absolute Gasteiger partial charge is 0.368 e. The lowest BCUT2D eigenvalue weighted by atomic mass is 10.0. The number of methoxy groups -OCH3 is 1. The fourth-order valence-corrected chi connectivity index (χ4v) is 3.18. The van der Waals surface area contributed by atoms with Gasteiger partial charge in [0.05, 0.1) is 18.4 Å². The van der Waals surface area contributed by atoms with E-state index in [1.807, 2.05) is 25.1 Å². The minimum Gasteiger partial charge on any atom is -0.496 e. The van der Waals surface area contributed by atoms with Gasteiger partial charge in [-0.3, -0.25) is 0 Å². The molecule has 0 aliphatic carbocycles. The van der Waals surface area contributed by atoms with E-state index in [4.69, 9.17) is 9.47 Å².